The number of aromatic nitrogens is 2. The summed E-state index contributed by atoms with van der Waals surface area (Å²) in [7, 11) is 0. The van der Waals surface area contributed by atoms with E-state index < -0.39 is 12.2 Å². The molecule has 0 radical (unpaired) electrons. The minimum absolute atomic E-state index is 0.155. The highest BCUT2D eigenvalue weighted by Gasteiger charge is 2.38. The zero-order chi connectivity index (χ0) is 47.0. The van der Waals surface area contributed by atoms with Crippen LogP contribution in [0.1, 0.15) is 34.5 Å². The summed E-state index contributed by atoms with van der Waals surface area (Å²) in [5, 5.41) is 29.6. The molecule has 0 saturated heterocycles. The molecule has 0 fully saturated rings. The Morgan fingerprint density at radius 3 is 1.00 bits per heavy atom. The Morgan fingerprint density at radius 1 is 0.329 bits per heavy atom. The van der Waals surface area contributed by atoms with Crippen LogP contribution in [0.3, 0.4) is 0 Å². The maximum Gasteiger partial charge on any atom is 0.165 e. The van der Waals surface area contributed by atoms with Crippen LogP contribution in [-0.4, -0.2) is 19.3 Å². The fourth-order valence-corrected chi connectivity index (χ4v) is 11.0. The summed E-state index contributed by atoms with van der Waals surface area (Å²) in [4.78, 5) is 0. The van der Waals surface area contributed by atoms with Crippen molar-refractivity contribution in [1.29, 1.82) is 0 Å². The van der Waals surface area contributed by atoms with E-state index in [9.17, 15) is 10.2 Å². The molecule has 2 heterocycles. The standard InChI is InChI=1S/C64H46N2O4/c1-39-35-51(61(67)57(37-39)65-53-29-13-7-21-43(53)44-22-8-14-30-54(44)65)47-25-11-17-33-59(47)69-63-49-27-5-3-19-41(49)42-20-4-6-28-50(42)64(63)70-60-34-18-12-26-48(60)52-36-40(2)38-58(62(52)68)66-55-31-15-9-23-45(55)46-24-10-16-32-56(46)66/h3-38,63-64,67-68H,1-2H3. The number of fused-ring (bicyclic) bond motifs is 9. The van der Waals surface area contributed by atoms with E-state index in [0.29, 0.717) is 34.0 Å². The molecule has 0 aliphatic heterocycles. The van der Waals surface area contributed by atoms with Crippen molar-refractivity contribution in [3.05, 3.63) is 241 Å². The third kappa shape index (κ3) is 6.48. The van der Waals surface area contributed by atoms with E-state index in [1.807, 2.05) is 97.1 Å². The van der Waals surface area contributed by atoms with Crippen LogP contribution < -0.4 is 9.47 Å². The maximum atomic E-state index is 12.6. The van der Waals surface area contributed by atoms with Crippen LogP contribution in [0, 0.1) is 13.8 Å². The number of ether oxygens (including phenoxy) is 2. The van der Waals surface area contributed by atoms with E-state index in [-0.39, 0.29) is 11.5 Å². The van der Waals surface area contributed by atoms with Crippen LogP contribution in [0.2, 0.25) is 0 Å². The summed E-state index contributed by atoms with van der Waals surface area (Å²) < 4.78 is 19.2. The average Bonchev–Trinajstić information content (AvgIpc) is 3.92. The van der Waals surface area contributed by atoms with Gasteiger partial charge in [0.25, 0.3) is 0 Å². The van der Waals surface area contributed by atoms with Gasteiger partial charge in [-0.2, -0.15) is 0 Å². The first-order valence-corrected chi connectivity index (χ1v) is 23.8. The van der Waals surface area contributed by atoms with Crippen LogP contribution >= 0.6 is 0 Å². The summed E-state index contributed by atoms with van der Waals surface area (Å²) in [6.07, 6.45) is -1.27. The van der Waals surface area contributed by atoms with Gasteiger partial charge < -0.3 is 28.8 Å². The average molecular weight is 907 g/mol. The highest BCUT2D eigenvalue weighted by molar-refractivity contribution is 6.10. The highest BCUT2D eigenvalue weighted by Crippen LogP contribution is 2.52. The van der Waals surface area contributed by atoms with Crippen molar-refractivity contribution >= 4 is 43.6 Å². The molecule has 336 valence electrons. The predicted octanol–water partition coefficient (Wildman–Crippen LogP) is 16.2. The largest absolute Gasteiger partial charge is 0.505 e. The van der Waals surface area contributed by atoms with Crippen LogP contribution in [0.5, 0.6) is 23.0 Å². The lowest BCUT2D eigenvalue weighted by Crippen LogP contribution is -2.27. The van der Waals surface area contributed by atoms with E-state index in [1.54, 1.807) is 0 Å². The van der Waals surface area contributed by atoms with Gasteiger partial charge in [-0.3, -0.25) is 0 Å². The molecule has 1 aliphatic rings. The number of hydrogen-bond acceptors (Lipinski definition) is 4. The molecule has 6 heteroatoms. The minimum atomic E-state index is -0.636. The van der Waals surface area contributed by atoms with Gasteiger partial charge in [0.1, 0.15) is 23.0 Å². The van der Waals surface area contributed by atoms with Crippen LogP contribution in [0.4, 0.5) is 0 Å². The number of phenolic OH excluding ortho intramolecular Hbond substituents is 2. The molecular formula is C64H46N2O4. The van der Waals surface area contributed by atoms with Crippen molar-refractivity contribution in [3.63, 3.8) is 0 Å². The van der Waals surface area contributed by atoms with E-state index in [0.717, 1.165) is 88.1 Å². The number of phenols is 2. The van der Waals surface area contributed by atoms with Crippen molar-refractivity contribution in [2.24, 2.45) is 0 Å². The number of para-hydroxylation sites is 6. The Bertz CT molecular complexity index is 3680. The summed E-state index contributed by atoms with van der Waals surface area (Å²) in [5.74, 6) is 1.51. The normalized spacial score (nSPS) is 14.3. The zero-order valence-electron chi connectivity index (χ0n) is 38.5. The topological polar surface area (TPSA) is 68.8 Å². The molecule has 2 N–H and O–H groups in total. The molecule has 2 unspecified atom stereocenters. The molecule has 1 aliphatic carbocycles. The second-order valence-corrected chi connectivity index (χ2v) is 18.3. The van der Waals surface area contributed by atoms with Gasteiger partial charge in [-0.1, -0.05) is 158 Å². The number of hydrogen-bond donors (Lipinski definition) is 2. The van der Waals surface area contributed by atoms with Gasteiger partial charge in [0.15, 0.2) is 12.2 Å². The fraction of sp³-hybridized carbons (Fsp3) is 0.0625. The van der Waals surface area contributed by atoms with Crippen LogP contribution in [0.25, 0.3) is 88.4 Å². The first-order chi connectivity index (χ1) is 34.4. The van der Waals surface area contributed by atoms with E-state index >= 15 is 0 Å². The monoisotopic (exact) mass is 906 g/mol. The van der Waals surface area contributed by atoms with Gasteiger partial charge in [0.2, 0.25) is 0 Å². The Labute approximate surface area is 405 Å². The van der Waals surface area contributed by atoms with Gasteiger partial charge in [-0.25, -0.2) is 0 Å². The van der Waals surface area contributed by atoms with Crippen molar-refractivity contribution in [3.8, 4) is 67.8 Å². The number of benzene rings is 10. The number of rotatable bonds is 8. The fourth-order valence-electron chi connectivity index (χ4n) is 11.0. The molecule has 10 aromatic carbocycles. The van der Waals surface area contributed by atoms with E-state index in [4.69, 9.17) is 9.47 Å². The summed E-state index contributed by atoms with van der Waals surface area (Å²) in [6.45, 7) is 4.13. The van der Waals surface area contributed by atoms with Crippen LogP contribution in [-0.2, 0) is 0 Å². The minimum Gasteiger partial charge on any atom is -0.505 e. The van der Waals surface area contributed by atoms with Gasteiger partial charge >= 0.3 is 0 Å². The molecule has 0 spiro atoms. The van der Waals surface area contributed by atoms with Gasteiger partial charge in [-0.05, 0) is 96.8 Å². The first kappa shape index (κ1) is 41.2. The smallest absolute Gasteiger partial charge is 0.165 e. The van der Waals surface area contributed by atoms with E-state index in [1.165, 1.54) is 0 Å². The lowest BCUT2D eigenvalue weighted by Gasteiger charge is -2.36. The maximum absolute atomic E-state index is 12.6. The number of nitrogens with zero attached hydrogens (tertiary/aromatic N) is 2. The van der Waals surface area contributed by atoms with Crippen molar-refractivity contribution in [2.45, 2.75) is 26.1 Å². The van der Waals surface area contributed by atoms with Gasteiger partial charge in [0.05, 0.1) is 33.4 Å². The van der Waals surface area contributed by atoms with Crippen molar-refractivity contribution in [1.82, 2.24) is 9.13 Å². The molecular weight excluding hydrogens is 861 g/mol. The first-order valence-electron chi connectivity index (χ1n) is 23.8. The molecule has 0 saturated carbocycles. The molecule has 6 nitrogen and oxygen atoms in total. The zero-order valence-corrected chi connectivity index (χ0v) is 38.5. The highest BCUT2D eigenvalue weighted by atomic mass is 16.5. The SMILES string of the molecule is Cc1cc(-c2ccccc2OC2c3ccccc3-c3ccccc3C2Oc2ccccc2-c2cc(C)cc(-n3c4ccccc4c4ccccc43)c2O)c(O)c(-n2c3ccccc3c3ccccc32)c1. The molecule has 0 amide bonds. The molecule has 13 rings (SSSR count). The molecule has 2 atom stereocenters. The van der Waals surface area contributed by atoms with Crippen LogP contribution in [0.15, 0.2) is 218 Å². The summed E-state index contributed by atoms with van der Waals surface area (Å²) >= 11 is 0. The lowest BCUT2D eigenvalue weighted by atomic mass is 9.81. The molecule has 0 bridgehead atoms. The molecule has 2 aromatic heterocycles. The third-order valence-electron chi connectivity index (χ3n) is 14.1. The van der Waals surface area contributed by atoms with Gasteiger partial charge in [0, 0.05) is 54.9 Å². The van der Waals surface area contributed by atoms with Crippen molar-refractivity contribution in [2.75, 3.05) is 0 Å². The lowest BCUT2D eigenvalue weighted by molar-refractivity contribution is 0.0517. The number of aryl methyl sites for hydroxylation is 2. The second-order valence-electron chi connectivity index (χ2n) is 18.3. The third-order valence-corrected chi connectivity index (χ3v) is 14.1. The molecule has 70 heavy (non-hydrogen) atoms. The quantitative estimate of drug-likeness (QED) is 0.159. The number of aromatic hydroxyl groups is 2. The predicted molar refractivity (Wildman–Crippen MR) is 284 cm³/mol. The Balaban J connectivity index is 0.945. The Morgan fingerprint density at radius 2 is 0.629 bits per heavy atom. The van der Waals surface area contributed by atoms with Gasteiger partial charge in [-0.15, -0.1) is 0 Å². The summed E-state index contributed by atoms with van der Waals surface area (Å²) in [6, 6.07) is 74.2. The summed E-state index contributed by atoms with van der Waals surface area (Å²) in [5.41, 5.74) is 14.3. The Kier molecular flexibility index (Phi) is 9.63. The van der Waals surface area contributed by atoms with E-state index in [2.05, 4.69) is 144 Å². The molecule has 12 aromatic rings. The van der Waals surface area contributed by atoms with Crippen molar-refractivity contribution < 1.29 is 19.7 Å². The Hall–Kier alpha value is -9.00. The second kappa shape index (κ2) is 16.4.